The number of thioether (sulfide) groups is 1. The lowest BCUT2D eigenvalue weighted by atomic mass is 10.0. The van der Waals surface area contributed by atoms with Crippen molar-refractivity contribution in [3.63, 3.8) is 0 Å². The third-order valence-electron chi connectivity index (χ3n) is 5.10. The van der Waals surface area contributed by atoms with Crippen LogP contribution >= 0.6 is 11.8 Å². The predicted octanol–water partition coefficient (Wildman–Crippen LogP) is 3.36. The Bertz CT molecular complexity index is 744. The van der Waals surface area contributed by atoms with E-state index in [1.165, 1.54) is 5.56 Å². The van der Waals surface area contributed by atoms with Gasteiger partial charge in [-0.15, -0.1) is 0 Å². The number of carbonyl (C=O) groups is 1. The highest BCUT2D eigenvalue weighted by Gasteiger charge is 2.27. The summed E-state index contributed by atoms with van der Waals surface area (Å²) in [5.74, 6) is 1.81. The van der Waals surface area contributed by atoms with E-state index >= 15 is 0 Å². The average molecular weight is 385 g/mol. The van der Waals surface area contributed by atoms with E-state index in [0.717, 1.165) is 47.7 Å². The second-order valence-electron chi connectivity index (χ2n) is 7.21. The summed E-state index contributed by atoms with van der Waals surface area (Å²) in [6, 6.07) is 16.9. The van der Waals surface area contributed by atoms with Crippen LogP contribution in [0.2, 0.25) is 0 Å². The number of likely N-dealkylation sites (N-methyl/N-ethyl adjacent to an activating group) is 1. The van der Waals surface area contributed by atoms with Gasteiger partial charge < -0.3 is 14.9 Å². The maximum atomic E-state index is 12.7. The summed E-state index contributed by atoms with van der Waals surface area (Å²) in [5, 5.41) is 8.86. The van der Waals surface area contributed by atoms with Crippen LogP contribution in [0.1, 0.15) is 22.3 Å². The van der Waals surface area contributed by atoms with E-state index in [9.17, 15) is 4.79 Å². The fourth-order valence-electron chi connectivity index (χ4n) is 3.38. The van der Waals surface area contributed by atoms with Crippen molar-refractivity contribution >= 4 is 17.7 Å². The first-order valence-electron chi connectivity index (χ1n) is 9.42. The first-order valence-corrected chi connectivity index (χ1v) is 10.6. The summed E-state index contributed by atoms with van der Waals surface area (Å²) in [6.07, 6.45) is 1.04. The van der Waals surface area contributed by atoms with Gasteiger partial charge in [0.2, 0.25) is 0 Å². The number of likely N-dealkylation sites (tertiary alicyclic amines) is 1. The van der Waals surface area contributed by atoms with Gasteiger partial charge in [-0.3, -0.25) is 4.79 Å². The van der Waals surface area contributed by atoms with Gasteiger partial charge in [0.1, 0.15) is 0 Å². The molecule has 144 valence electrons. The molecule has 1 fully saturated rings. The Morgan fingerprint density at radius 1 is 1.11 bits per heavy atom. The summed E-state index contributed by atoms with van der Waals surface area (Å²) >= 11 is 1.73. The Balaban J connectivity index is 1.62. The lowest BCUT2D eigenvalue weighted by Gasteiger charge is -2.20. The van der Waals surface area contributed by atoms with Crippen molar-refractivity contribution in [3.05, 3.63) is 59.7 Å². The average Bonchev–Trinajstić information content (AvgIpc) is 3.19. The maximum absolute atomic E-state index is 12.7. The molecule has 27 heavy (non-hydrogen) atoms. The van der Waals surface area contributed by atoms with Crippen LogP contribution in [-0.4, -0.2) is 66.4 Å². The number of amides is 1. The van der Waals surface area contributed by atoms with Crippen molar-refractivity contribution in [1.29, 1.82) is 0 Å². The molecule has 1 amide bonds. The van der Waals surface area contributed by atoms with Gasteiger partial charge in [-0.25, -0.2) is 0 Å². The Morgan fingerprint density at radius 2 is 1.74 bits per heavy atom. The summed E-state index contributed by atoms with van der Waals surface area (Å²) in [6.45, 7) is 1.86. The van der Waals surface area contributed by atoms with Crippen LogP contribution in [-0.2, 0) is 5.75 Å². The topological polar surface area (TPSA) is 43.8 Å². The Labute approximate surface area is 166 Å². The number of nitrogens with zero attached hydrogens (tertiary/aromatic N) is 2. The number of hydrogen-bond acceptors (Lipinski definition) is 4. The number of hydrogen-bond donors (Lipinski definition) is 1. The molecule has 0 bridgehead atoms. The van der Waals surface area contributed by atoms with Gasteiger partial charge >= 0.3 is 0 Å². The van der Waals surface area contributed by atoms with Crippen molar-refractivity contribution < 1.29 is 9.90 Å². The summed E-state index contributed by atoms with van der Waals surface area (Å²) in [7, 11) is 4.15. The molecule has 1 aliphatic heterocycles. The predicted molar refractivity (Wildman–Crippen MR) is 113 cm³/mol. The minimum atomic E-state index is 0.127. The Morgan fingerprint density at radius 3 is 2.30 bits per heavy atom. The molecule has 1 atom stereocenters. The highest BCUT2D eigenvalue weighted by molar-refractivity contribution is 7.98. The third kappa shape index (κ3) is 5.12. The summed E-state index contributed by atoms with van der Waals surface area (Å²) < 4.78 is 0. The van der Waals surface area contributed by atoms with Crippen LogP contribution < -0.4 is 0 Å². The van der Waals surface area contributed by atoms with Gasteiger partial charge in [0.05, 0.1) is 6.61 Å². The van der Waals surface area contributed by atoms with E-state index in [4.69, 9.17) is 5.11 Å². The van der Waals surface area contributed by atoms with Crippen molar-refractivity contribution in [2.75, 3.05) is 39.5 Å². The lowest BCUT2D eigenvalue weighted by molar-refractivity contribution is 0.0783. The third-order valence-corrected chi connectivity index (χ3v) is 6.11. The number of carbonyl (C=O) groups excluding carboxylic acids is 1. The van der Waals surface area contributed by atoms with Crippen LogP contribution in [0.5, 0.6) is 0 Å². The van der Waals surface area contributed by atoms with Crippen molar-refractivity contribution in [2.24, 2.45) is 0 Å². The molecule has 1 saturated heterocycles. The largest absolute Gasteiger partial charge is 0.396 e. The van der Waals surface area contributed by atoms with Crippen LogP contribution in [0.3, 0.4) is 0 Å². The van der Waals surface area contributed by atoms with Gasteiger partial charge in [0.15, 0.2) is 0 Å². The molecule has 0 aliphatic carbocycles. The highest BCUT2D eigenvalue weighted by Crippen LogP contribution is 2.23. The molecule has 3 rings (SSSR count). The van der Waals surface area contributed by atoms with Crippen molar-refractivity contribution in [1.82, 2.24) is 9.80 Å². The summed E-state index contributed by atoms with van der Waals surface area (Å²) in [5.41, 5.74) is 4.29. The normalized spacial score (nSPS) is 16.9. The summed E-state index contributed by atoms with van der Waals surface area (Å²) in [4.78, 5) is 16.9. The first kappa shape index (κ1) is 19.9. The fraction of sp³-hybridized carbons (Fsp3) is 0.409. The van der Waals surface area contributed by atoms with E-state index in [0.29, 0.717) is 6.04 Å². The molecule has 1 aliphatic rings. The van der Waals surface area contributed by atoms with Crippen molar-refractivity contribution in [3.8, 4) is 11.1 Å². The molecule has 0 unspecified atom stereocenters. The zero-order chi connectivity index (χ0) is 19.2. The van der Waals surface area contributed by atoms with Gasteiger partial charge in [-0.2, -0.15) is 11.8 Å². The molecule has 2 aromatic carbocycles. The molecule has 0 spiro atoms. The maximum Gasteiger partial charge on any atom is 0.253 e. The molecule has 0 aromatic heterocycles. The van der Waals surface area contributed by atoms with Crippen LogP contribution in [0.25, 0.3) is 11.1 Å². The monoisotopic (exact) mass is 384 g/mol. The lowest BCUT2D eigenvalue weighted by Crippen LogP contribution is -2.34. The molecular weight excluding hydrogens is 356 g/mol. The number of aliphatic hydroxyl groups excluding tert-OH is 1. The second-order valence-corrected chi connectivity index (χ2v) is 8.31. The standard InChI is InChI=1S/C22H28N2O2S/c1-23(2)21-11-12-24(15-21)22(26)20-9-7-19(8-10-20)18-5-3-17(4-6-18)16-27-14-13-25/h3-10,21,25H,11-16H2,1-2H3/t21-/m0/s1. The molecule has 1 N–H and O–H groups in total. The molecule has 0 saturated carbocycles. The van der Waals surface area contributed by atoms with E-state index in [-0.39, 0.29) is 12.5 Å². The van der Waals surface area contributed by atoms with E-state index < -0.39 is 0 Å². The molecule has 1 heterocycles. The Hall–Kier alpha value is -1.82. The van der Waals surface area contributed by atoms with Gasteiger partial charge in [0.25, 0.3) is 5.91 Å². The van der Waals surface area contributed by atoms with Gasteiger partial charge in [0, 0.05) is 36.2 Å². The van der Waals surface area contributed by atoms with E-state index in [2.05, 4.69) is 43.3 Å². The SMILES string of the molecule is CN(C)[C@H]1CCN(C(=O)c2ccc(-c3ccc(CSCCO)cc3)cc2)C1. The van der Waals surface area contributed by atoms with Gasteiger partial charge in [-0.1, -0.05) is 36.4 Å². The molecule has 0 radical (unpaired) electrons. The van der Waals surface area contributed by atoms with Crippen LogP contribution in [0.15, 0.2) is 48.5 Å². The second kappa shape index (κ2) is 9.40. The number of benzene rings is 2. The smallest absolute Gasteiger partial charge is 0.253 e. The van der Waals surface area contributed by atoms with E-state index in [1.807, 2.05) is 29.2 Å². The van der Waals surface area contributed by atoms with Crippen LogP contribution in [0.4, 0.5) is 0 Å². The van der Waals surface area contributed by atoms with Crippen LogP contribution in [0, 0.1) is 0 Å². The van der Waals surface area contributed by atoms with Crippen molar-refractivity contribution in [2.45, 2.75) is 18.2 Å². The zero-order valence-corrected chi connectivity index (χ0v) is 16.9. The first-order chi connectivity index (χ1) is 13.1. The molecule has 2 aromatic rings. The quantitative estimate of drug-likeness (QED) is 0.744. The zero-order valence-electron chi connectivity index (χ0n) is 16.1. The molecule has 5 heteroatoms. The van der Waals surface area contributed by atoms with E-state index in [1.54, 1.807) is 11.8 Å². The molecular formula is C22H28N2O2S. The minimum Gasteiger partial charge on any atom is -0.396 e. The number of aliphatic hydroxyl groups is 1. The van der Waals surface area contributed by atoms with Gasteiger partial charge in [-0.05, 0) is 49.3 Å². The Kier molecular flexibility index (Phi) is 6.94. The fourth-order valence-corrected chi connectivity index (χ4v) is 4.09. The molecule has 4 nitrogen and oxygen atoms in total. The number of rotatable bonds is 7. The minimum absolute atomic E-state index is 0.127. The highest BCUT2D eigenvalue weighted by atomic mass is 32.2.